The summed E-state index contributed by atoms with van der Waals surface area (Å²) in [5.41, 5.74) is 5.35. The van der Waals surface area contributed by atoms with Crippen molar-refractivity contribution in [2.45, 2.75) is 161 Å². The number of rotatable bonds is 42. The molecular weight excluding hydrogens is 810 g/mol. The van der Waals surface area contributed by atoms with E-state index in [9.17, 15) is 19.0 Å². The predicted molar refractivity (Wildman–Crippen MR) is 265 cm³/mol. The molecule has 0 aromatic heterocycles. The van der Waals surface area contributed by atoms with Gasteiger partial charge in [-0.05, 0) is 109 Å². The largest absolute Gasteiger partial charge is 0.472 e. The molecule has 0 bridgehead atoms. The van der Waals surface area contributed by atoms with Gasteiger partial charge in [0.05, 0.1) is 13.2 Å². The fourth-order valence-corrected chi connectivity index (χ4v) is 6.37. The average molecular weight is 894 g/mol. The maximum atomic E-state index is 12.6. The van der Waals surface area contributed by atoms with E-state index < -0.39 is 32.5 Å². The number of nitrogens with two attached hydrogens (primary N) is 1. The first-order valence-electron chi connectivity index (χ1n) is 23.7. The van der Waals surface area contributed by atoms with E-state index in [1.165, 1.54) is 0 Å². The molecule has 0 aromatic carbocycles. The smallest absolute Gasteiger partial charge is 0.462 e. The summed E-state index contributed by atoms with van der Waals surface area (Å²) >= 11 is 0. The lowest BCUT2D eigenvalue weighted by Gasteiger charge is -2.19. The summed E-state index contributed by atoms with van der Waals surface area (Å²) in [4.78, 5) is 34.9. The van der Waals surface area contributed by atoms with Crippen molar-refractivity contribution < 1.29 is 37.6 Å². The Morgan fingerprint density at radius 2 is 0.825 bits per heavy atom. The molecular formula is C53H84NO8P. The van der Waals surface area contributed by atoms with Crippen molar-refractivity contribution in [2.24, 2.45) is 5.73 Å². The highest BCUT2D eigenvalue weighted by Crippen LogP contribution is 2.43. The second kappa shape index (κ2) is 47.6. The number of phosphoric acid groups is 1. The van der Waals surface area contributed by atoms with E-state index in [4.69, 9.17) is 24.3 Å². The van der Waals surface area contributed by atoms with Crippen LogP contribution in [0.25, 0.3) is 0 Å². The molecule has 3 N–H and O–H groups in total. The Balaban J connectivity index is 4.20. The van der Waals surface area contributed by atoms with Gasteiger partial charge < -0.3 is 20.1 Å². The van der Waals surface area contributed by atoms with Crippen LogP contribution in [0.15, 0.2) is 134 Å². The number of carbonyl (C=O) groups excluding carboxylic acids is 2. The third kappa shape index (κ3) is 47.5. The second-order valence-electron chi connectivity index (χ2n) is 14.9. The number of ether oxygens (including phenoxy) is 2. The van der Waals surface area contributed by atoms with Crippen molar-refractivity contribution >= 4 is 19.8 Å². The third-order valence-electron chi connectivity index (χ3n) is 9.03. The molecule has 0 aliphatic carbocycles. The Hall–Kier alpha value is -3.85. The average Bonchev–Trinajstić information content (AvgIpc) is 3.27. The zero-order valence-electron chi connectivity index (χ0n) is 39.0. The van der Waals surface area contributed by atoms with Gasteiger partial charge >= 0.3 is 19.8 Å². The number of hydrogen-bond acceptors (Lipinski definition) is 8. The van der Waals surface area contributed by atoms with E-state index >= 15 is 0 Å². The molecule has 0 aliphatic heterocycles. The molecule has 0 saturated carbocycles. The highest BCUT2D eigenvalue weighted by atomic mass is 31.2. The molecule has 2 atom stereocenters. The molecule has 354 valence electrons. The number of phosphoric ester groups is 1. The SMILES string of the molecule is CC/C=C\C/C=C\C/C=C\C/C=C\C/C=C\C/C=C\C/C=C\C/C=C\CCCCCCC(=O)OC(COC(=O)CCCCC/C=C\C/C=C\C/C=C\CC)COP(=O)(O)OCCN. The molecule has 2 unspecified atom stereocenters. The molecule has 0 fully saturated rings. The lowest BCUT2D eigenvalue weighted by molar-refractivity contribution is -0.161. The molecule has 0 radical (unpaired) electrons. The van der Waals surface area contributed by atoms with Gasteiger partial charge in [0, 0.05) is 19.4 Å². The fourth-order valence-electron chi connectivity index (χ4n) is 5.60. The van der Waals surface area contributed by atoms with Crippen molar-refractivity contribution in [3.63, 3.8) is 0 Å². The zero-order chi connectivity index (χ0) is 46.0. The topological polar surface area (TPSA) is 134 Å². The minimum Gasteiger partial charge on any atom is -0.462 e. The minimum absolute atomic E-state index is 0.0364. The maximum absolute atomic E-state index is 12.6. The molecule has 0 spiro atoms. The van der Waals surface area contributed by atoms with Crippen LogP contribution >= 0.6 is 7.82 Å². The molecule has 63 heavy (non-hydrogen) atoms. The van der Waals surface area contributed by atoms with Gasteiger partial charge in [-0.3, -0.25) is 18.6 Å². The van der Waals surface area contributed by atoms with E-state index in [0.29, 0.717) is 12.8 Å². The van der Waals surface area contributed by atoms with Crippen LogP contribution in [0.1, 0.15) is 155 Å². The van der Waals surface area contributed by atoms with Crippen LogP contribution in [-0.4, -0.2) is 49.3 Å². The molecule has 0 rings (SSSR count). The summed E-state index contributed by atoms with van der Waals surface area (Å²) in [7, 11) is -4.40. The highest BCUT2D eigenvalue weighted by Gasteiger charge is 2.26. The van der Waals surface area contributed by atoms with Crippen LogP contribution in [0.4, 0.5) is 0 Å². The van der Waals surface area contributed by atoms with Crippen molar-refractivity contribution in [3.05, 3.63) is 134 Å². The van der Waals surface area contributed by atoms with Gasteiger partial charge in [-0.2, -0.15) is 0 Å². The van der Waals surface area contributed by atoms with Crippen LogP contribution in [0.3, 0.4) is 0 Å². The number of esters is 2. The van der Waals surface area contributed by atoms with Gasteiger partial charge in [0.15, 0.2) is 6.10 Å². The molecule has 10 heteroatoms. The lowest BCUT2D eigenvalue weighted by Crippen LogP contribution is -2.29. The normalized spacial score (nSPS) is 14.4. The van der Waals surface area contributed by atoms with Gasteiger partial charge in [0.1, 0.15) is 6.61 Å². The first-order chi connectivity index (χ1) is 30.8. The highest BCUT2D eigenvalue weighted by molar-refractivity contribution is 7.47. The van der Waals surface area contributed by atoms with E-state index in [0.717, 1.165) is 116 Å². The molecule has 0 aromatic rings. The van der Waals surface area contributed by atoms with Crippen molar-refractivity contribution in [2.75, 3.05) is 26.4 Å². The monoisotopic (exact) mass is 894 g/mol. The van der Waals surface area contributed by atoms with Crippen LogP contribution in [0.5, 0.6) is 0 Å². The van der Waals surface area contributed by atoms with E-state index in [1.54, 1.807) is 0 Å². The number of carbonyl (C=O) groups is 2. The standard InChI is InChI=1S/C53H84NO8P/c1-3-5-7-9-11-13-15-17-18-19-20-21-22-23-24-25-26-27-28-29-30-31-32-34-36-38-40-42-44-46-53(56)62-51(50-61-63(57,58)60-48-47-54)49-59-52(55)45-43-41-39-37-35-33-16-14-12-10-8-6-4-2/h5-8,11-14,17-18,20-21,23-24,26-27,29-30,32-35,51H,3-4,9-10,15-16,19,22,25,28,31,36-50,54H2,1-2H3,(H,57,58)/b7-5-,8-6-,13-11-,14-12-,18-17-,21-20-,24-23-,27-26-,30-29-,34-32-,35-33-. The second-order valence-corrected chi connectivity index (χ2v) is 16.3. The quantitative estimate of drug-likeness (QED) is 0.0266. The Labute approximate surface area is 383 Å². The molecule has 0 amide bonds. The summed E-state index contributed by atoms with van der Waals surface area (Å²) in [6, 6.07) is 0. The Kier molecular flexibility index (Phi) is 44.7. The van der Waals surface area contributed by atoms with Crippen LogP contribution in [0, 0.1) is 0 Å². The zero-order valence-corrected chi connectivity index (χ0v) is 39.9. The van der Waals surface area contributed by atoms with Gasteiger partial charge in [-0.1, -0.05) is 167 Å². The first-order valence-corrected chi connectivity index (χ1v) is 25.2. The van der Waals surface area contributed by atoms with Gasteiger partial charge in [-0.25, -0.2) is 4.57 Å². The van der Waals surface area contributed by atoms with Crippen molar-refractivity contribution in [1.82, 2.24) is 0 Å². The molecule has 9 nitrogen and oxygen atoms in total. The van der Waals surface area contributed by atoms with Crippen molar-refractivity contribution in [1.29, 1.82) is 0 Å². The van der Waals surface area contributed by atoms with Crippen LogP contribution in [0.2, 0.25) is 0 Å². The molecule has 0 aliphatic rings. The Bertz CT molecular complexity index is 1480. The van der Waals surface area contributed by atoms with Crippen molar-refractivity contribution in [3.8, 4) is 0 Å². The van der Waals surface area contributed by atoms with Crippen LogP contribution < -0.4 is 5.73 Å². The minimum atomic E-state index is -4.40. The summed E-state index contributed by atoms with van der Waals surface area (Å²) in [6.45, 7) is 3.40. The Morgan fingerprint density at radius 3 is 1.22 bits per heavy atom. The van der Waals surface area contributed by atoms with E-state index in [-0.39, 0.29) is 32.6 Å². The van der Waals surface area contributed by atoms with Crippen LogP contribution in [-0.2, 0) is 32.7 Å². The summed E-state index contributed by atoms with van der Waals surface area (Å²) in [5, 5.41) is 0. The maximum Gasteiger partial charge on any atom is 0.472 e. The first kappa shape index (κ1) is 59.1. The third-order valence-corrected chi connectivity index (χ3v) is 10.0. The number of hydrogen-bond donors (Lipinski definition) is 2. The summed E-state index contributed by atoms with van der Waals surface area (Å²) in [6.07, 6.45) is 66.4. The fraction of sp³-hybridized carbons (Fsp3) is 0.547. The lowest BCUT2D eigenvalue weighted by atomic mass is 10.1. The summed E-state index contributed by atoms with van der Waals surface area (Å²) in [5.74, 6) is -0.908. The van der Waals surface area contributed by atoms with E-state index in [2.05, 4.69) is 148 Å². The van der Waals surface area contributed by atoms with Gasteiger partial charge in [0.25, 0.3) is 0 Å². The summed E-state index contributed by atoms with van der Waals surface area (Å²) < 4.78 is 32.8. The number of allylic oxidation sites excluding steroid dienone is 22. The number of unbranched alkanes of at least 4 members (excludes halogenated alkanes) is 7. The molecule has 0 saturated heterocycles. The van der Waals surface area contributed by atoms with E-state index in [1.807, 2.05) is 0 Å². The molecule has 0 heterocycles. The predicted octanol–water partition coefficient (Wildman–Crippen LogP) is 14.3. The Morgan fingerprint density at radius 1 is 0.476 bits per heavy atom. The van der Waals surface area contributed by atoms with Gasteiger partial charge in [-0.15, -0.1) is 0 Å². The van der Waals surface area contributed by atoms with Gasteiger partial charge in [0.2, 0.25) is 0 Å².